The third-order valence-corrected chi connectivity index (χ3v) is 12.6. The monoisotopic (exact) mass is 994 g/mol. The summed E-state index contributed by atoms with van der Waals surface area (Å²) in [4.78, 5) is 52.2. The fraction of sp³-hybridized carbons (Fsp3) is 0.344. The van der Waals surface area contributed by atoms with Crippen molar-refractivity contribution in [2.75, 3.05) is 13.2 Å². The molecule has 6 aromatic carbocycles. The van der Waals surface area contributed by atoms with E-state index in [1.165, 1.54) is 132 Å². The van der Waals surface area contributed by atoms with Crippen LogP contribution in [0, 0.1) is 0 Å². The summed E-state index contributed by atoms with van der Waals surface area (Å²) in [5, 5.41) is 1.28. The summed E-state index contributed by atoms with van der Waals surface area (Å²) in [6.07, 6.45) is 24.0. The predicted molar refractivity (Wildman–Crippen MR) is 285 cm³/mol. The normalized spacial score (nSPS) is 10.9. The number of carbonyl (C=O) groups excluding carboxylic acids is 4. The van der Waals surface area contributed by atoms with E-state index in [0.717, 1.165) is 32.1 Å². The summed E-state index contributed by atoms with van der Waals surface area (Å²) in [6, 6.07) is 33.9. The molecule has 0 aliphatic heterocycles. The Balaban J connectivity index is 0.916. The molecule has 0 atom stereocenters. The van der Waals surface area contributed by atoms with Crippen LogP contribution in [0.1, 0.15) is 164 Å². The highest BCUT2D eigenvalue weighted by molar-refractivity contribution is 6.37. The molecule has 0 unspecified atom stereocenters. The van der Waals surface area contributed by atoms with Crippen LogP contribution in [0.15, 0.2) is 140 Å². The van der Waals surface area contributed by atoms with Gasteiger partial charge in [0.15, 0.2) is 0 Å². The Morgan fingerprint density at radius 2 is 0.764 bits per heavy atom. The molecule has 0 spiro atoms. The summed E-state index contributed by atoms with van der Waals surface area (Å²) in [7, 11) is 0. The van der Waals surface area contributed by atoms with Crippen molar-refractivity contribution in [1.82, 2.24) is 0 Å². The molecule has 11 heteroatoms. The van der Waals surface area contributed by atoms with Crippen LogP contribution < -0.4 is 28.4 Å². The number of esters is 4. The Morgan fingerprint density at radius 1 is 0.417 bits per heavy atom. The molecule has 6 rings (SSSR count). The molecular formula is C61H67ClO10. The number of rotatable bonds is 31. The van der Waals surface area contributed by atoms with Crippen molar-refractivity contribution in [1.29, 1.82) is 0 Å². The second kappa shape index (κ2) is 30.1. The number of allylic oxidation sites excluding steroid dienone is 1. The summed E-state index contributed by atoms with van der Waals surface area (Å²) >= 11 is 6.75. The molecule has 10 nitrogen and oxygen atoms in total. The first-order chi connectivity index (χ1) is 35.2. The highest BCUT2D eigenvalue weighted by Crippen LogP contribution is 2.34. The summed E-state index contributed by atoms with van der Waals surface area (Å²) in [6.45, 7) is 7.28. The Morgan fingerprint density at radius 3 is 1.22 bits per heavy atom. The molecule has 0 aromatic heterocycles. The van der Waals surface area contributed by atoms with E-state index in [-0.39, 0.29) is 39.0 Å². The van der Waals surface area contributed by atoms with Crippen LogP contribution >= 0.6 is 11.6 Å². The van der Waals surface area contributed by atoms with E-state index in [9.17, 15) is 19.2 Å². The van der Waals surface area contributed by atoms with Crippen LogP contribution in [0.2, 0.25) is 5.02 Å². The molecule has 0 radical (unpaired) electrons. The molecule has 0 aliphatic carbocycles. The van der Waals surface area contributed by atoms with Crippen molar-refractivity contribution in [3.05, 3.63) is 167 Å². The molecule has 0 heterocycles. The molecule has 378 valence electrons. The maximum Gasteiger partial charge on any atom is 0.343 e. The number of benzene rings is 6. The number of unbranched alkanes of at least 4 members (excludes halogenated alkanes) is 16. The number of carbonyl (C=O) groups is 4. The zero-order chi connectivity index (χ0) is 50.8. The van der Waals surface area contributed by atoms with Gasteiger partial charge in [-0.15, -0.1) is 6.58 Å². The van der Waals surface area contributed by atoms with E-state index in [0.29, 0.717) is 46.8 Å². The molecule has 72 heavy (non-hydrogen) atoms. The molecule has 0 aliphatic rings. The number of ether oxygens (including phenoxy) is 6. The van der Waals surface area contributed by atoms with Crippen molar-refractivity contribution < 1.29 is 47.6 Å². The second-order valence-corrected chi connectivity index (χ2v) is 18.2. The average molecular weight is 996 g/mol. The lowest BCUT2D eigenvalue weighted by atomic mass is 10.1. The van der Waals surface area contributed by atoms with Gasteiger partial charge in [-0.25, -0.2) is 19.2 Å². The molecule has 6 aromatic rings. The predicted octanol–water partition coefficient (Wildman–Crippen LogP) is 16.4. The highest BCUT2D eigenvalue weighted by atomic mass is 35.5. The summed E-state index contributed by atoms with van der Waals surface area (Å²) in [5.41, 5.74) is 1.03. The molecule has 0 bridgehead atoms. The molecule has 0 N–H and O–H groups in total. The maximum absolute atomic E-state index is 13.3. The quantitative estimate of drug-likeness (QED) is 0.0180. The van der Waals surface area contributed by atoms with E-state index in [4.69, 9.17) is 40.0 Å². The smallest absolute Gasteiger partial charge is 0.343 e. The Kier molecular flexibility index (Phi) is 22.7. The van der Waals surface area contributed by atoms with E-state index in [2.05, 4.69) is 13.5 Å². The lowest BCUT2D eigenvalue weighted by Gasteiger charge is -2.11. The molecule has 0 saturated heterocycles. The van der Waals surface area contributed by atoms with Crippen molar-refractivity contribution >= 4 is 46.3 Å². The minimum atomic E-state index is -0.689. The molecular weight excluding hydrogens is 928 g/mol. The van der Waals surface area contributed by atoms with Crippen LogP contribution in [0.25, 0.3) is 10.8 Å². The Hall–Kier alpha value is -6.91. The number of fused-ring (bicyclic) bond motifs is 1. The van der Waals surface area contributed by atoms with Gasteiger partial charge in [-0.05, 0) is 146 Å². The lowest BCUT2D eigenvalue weighted by molar-refractivity contribution is 0.0719. The van der Waals surface area contributed by atoms with Gasteiger partial charge in [-0.2, -0.15) is 0 Å². The Labute approximate surface area is 429 Å². The van der Waals surface area contributed by atoms with Gasteiger partial charge in [-0.1, -0.05) is 127 Å². The van der Waals surface area contributed by atoms with Gasteiger partial charge in [0.1, 0.15) is 34.5 Å². The Bertz CT molecular complexity index is 2640. The molecule has 0 amide bonds. The third kappa shape index (κ3) is 18.0. The van der Waals surface area contributed by atoms with Crippen LogP contribution in [-0.4, -0.2) is 37.1 Å². The molecule has 0 fully saturated rings. The van der Waals surface area contributed by atoms with Crippen LogP contribution in [0.5, 0.6) is 34.5 Å². The lowest BCUT2D eigenvalue weighted by Crippen LogP contribution is -2.11. The van der Waals surface area contributed by atoms with Gasteiger partial charge in [0.25, 0.3) is 0 Å². The summed E-state index contributed by atoms with van der Waals surface area (Å²) in [5.74, 6) is -0.137. The first kappa shape index (κ1) is 54.4. The fourth-order valence-electron chi connectivity index (χ4n) is 7.98. The third-order valence-electron chi connectivity index (χ3n) is 12.2. The van der Waals surface area contributed by atoms with Crippen LogP contribution in [0.4, 0.5) is 0 Å². The minimum Gasteiger partial charge on any atom is -0.494 e. The second-order valence-electron chi connectivity index (χ2n) is 17.8. The van der Waals surface area contributed by atoms with Crippen molar-refractivity contribution in [2.24, 2.45) is 0 Å². The minimum absolute atomic E-state index is 0.0836. The van der Waals surface area contributed by atoms with Gasteiger partial charge >= 0.3 is 23.9 Å². The van der Waals surface area contributed by atoms with E-state index < -0.39 is 23.9 Å². The number of hydrogen-bond donors (Lipinski definition) is 0. The van der Waals surface area contributed by atoms with Gasteiger partial charge in [0, 0.05) is 5.39 Å². The SMILES string of the molecule is C=CCCCCCCCCCOc1ccc(OC(=O)c2ccc(OC(=O)c3ccc4ccc(OC(=O)c5ccc(OC(=O)c6ccc(OCCCCCCCCCCCC)cc6)cc5)c(Cl)c4c3)cc2)cc1. The van der Waals surface area contributed by atoms with Crippen molar-refractivity contribution in [3.8, 4) is 34.5 Å². The average Bonchev–Trinajstić information content (AvgIpc) is 3.40. The van der Waals surface area contributed by atoms with Crippen molar-refractivity contribution in [3.63, 3.8) is 0 Å². The number of hydrogen-bond acceptors (Lipinski definition) is 10. The van der Waals surface area contributed by atoms with Crippen LogP contribution in [-0.2, 0) is 0 Å². The van der Waals surface area contributed by atoms with Gasteiger partial charge in [0.05, 0.1) is 40.5 Å². The number of halogens is 1. The molecule has 0 saturated carbocycles. The zero-order valence-corrected chi connectivity index (χ0v) is 42.3. The van der Waals surface area contributed by atoms with E-state index in [1.807, 2.05) is 6.08 Å². The van der Waals surface area contributed by atoms with Gasteiger partial charge in [0.2, 0.25) is 0 Å². The van der Waals surface area contributed by atoms with E-state index >= 15 is 0 Å². The fourth-order valence-corrected chi connectivity index (χ4v) is 8.24. The summed E-state index contributed by atoms with van der Waals surface area (Å²) < 4.78 is 34.1. The largest absolute Gasteiger partial charge is 0.494 e. The van der Waals surface area contributed by atoms with E-state index in [1.54, 1.807) is 78.9 Å². The first-order valence-electron chi connectivity index (χ1n) is 25.6. The van der Waals surface area contributed by atoms with Crippen LogP contribution in [0.3, 0.4) is 0 Å². The highest BCUT2D eigenvalue weighted by Gasteiger charge is 2.18. The zero-order valence-electron chi connectivity index (χ0n) is 41.5. The van der Waals surface area contributed by atoms with Gasteiger partial charge < -0.3 is 28.4 Å². The standard InChI is InChI=1S/C61H67ClO10/c1-3-5-7-9-11-13-15-17-19-20-42-67-50-31-24-46(25-32-50)58(63)69-52-35-28-48(29-36-52)60(65)72-56-41-30-45-22-23-49(44-55(45)57(56)62)61(66)71-53-33-26-47(27-34-53)59(64)70-54-39-37-51(38-40-54)68-43-21-18-16-14-12-10-8-6-4-2/h4,22-41,44H,2-3,5-21,42-43H2,1H3. The first-order valence-corrected chi connectivity index (χ1v) is 26.0. The van der Waals surface area contributed by atoms with Gasteiger partial charge in [-0.3, -0.25) is 0 Å². The maximum atomic E-state index is 13.3. The topological polar surface area (TPSA) is 124 Å². The van der Waals surface area contributed by atoms with Crippen molar-refractivity contribution in [2.45, 2.75) is 122 Å².